The summed E-state index contributed by atoms with van der Waals surface area (Å²) in [4.78, 5) is 0. The van der Waals surface area contributed by atoms with E-state index in [1.165, 1.54) is 0 Å². The number of hydrogen-bond donors (Lipinski definition) is 1. The van der Waals surface area contributed by atoms with Crippen molar-refractivity contribution >= 4 is 31.9 Å². The Balaban J connectivity index is 2.26. The highest BCUT2D eigenvalue weighted by Gasteiger charge is 2.04. The molecule has 2 rings (SSSR count). The van der Waals surface area contributed by atoms with Crippen molar-refractivity contribution in [2.75, 3.05) is 0 Å². The quantitative estimate of drug-likeness (QED) is 0.844. The third-order valence-electron chi connectivity index (χ3n) is 2.61. The van der Waals surface area contributed by atoms with Crippen molar-refractivity contribution in [2.24, 2.45) is 5.73 Å². The van der Waals surface area contributed by atoms with E-state index in [2.05, 4.69) is 31.9 Å². The lowest BCUT2D eigenvalue weighted by molar-refractivity contribution is 0.478. The van der Waals surface area contributed by atoms with Crippen LogP contribution in [0.3, 0.4) is 0 Å². The summed E-state index contributed by atoms with van der Waals surface area (Å²) < 4.78 is 7.87. The van der Waals surface area contributed by atoms with Gasteiger partial charge < -0.3 is 10.5 Å². The number of halogens is 2. The van der Waals surface area contributed by atoms with Crippen molar-refractivity contribution in [2.45, 2.75) is 13.5 Å². The maximum absolute atomic E-state index is 5.85. The molecular weight excluding hydrogens is 358 g/mol. The summed E-state index contributed by atoms with van der Waals surface area (Å²) in [6.07, 6.45) is 0. The number of hydrogen-bond acceptors (Lipinski definition) is 2. The molecule has 0 radical (unpaired) electrons. The second-order valence-electron chi connectivity index (χ2n) is 3.97. The fourth-order valence-corrected chi connectivity index (χ4v) is 2.61. The first-order chi connectivity index (χ1) is 8.60. The van der Waals surface area contributed by atoms with Gasteiger partial charge in [0.05, 0.1) is 0 Å². The van der Waals surface area contributed by atoms with Gasteiger partial charge in [0.25, 0.3) is 0 Å². The van der Waals surface area contributed by atoms with E-state index >= 15 is 0 Å². The second kappa shape index (κ2) is 5.87. The fourth-order valence-electron chi connectivity index (χ4n) is 1.61. The third kappa shape index (κ3) is 3.13. The van der Waals surface area contributed by atoms with E-state index in [-0.39, 0.29) is 0 Å². The molecule has 2 aromatic rings. The van der Waals surface area contributed by atoms with Crippen LogP contribution in [0.15, 0.2) is 45.3 Å². The minimum atomic E-state index is 0.512. The fraction of sp³-hybridized carbons (Fsp3) is 0.143. The highest BCUT2D eigenvalue weighted by molar-refractivity contribution is 9.10. The first-order valence-electron chi connectivity index (χ1n) is 5.52. The van der Waals surface area contributed by atoms with Crippen molar-refractivity contribution in [3.63, 3.8) is 0 Å². The summed E-state index contributed by atoms with van der Waals surface area (Å²) >= 11 is 6.92. The van der Waals surface area contributed by atoms with E-state index in [0.717, 1.165) is 31.6 Å². The van der Waals surface area contributed by atoms with E-state index in [1.54, 1.807) is 0 Å². The van der Waals surface area contributed by atoms with Crippen LogP contribution in [0.2, 0.25) is 0 Å². The molecule has 0 heterocycles. The van der Waals surface area contributed by atoms with Gasteiger partial charge in [0.1, 0.15) is 11.5 Å². The van der Waals surface area contributed by atoms with E-state index in [4.69, 9.17) is 10.5 Å². The largest absolute Gasteiger partial charge is 0.457 e. The Morgan fingerprint density at radius 2 is 1.89 bits per heavy atom. The van der Waals surface area contributed by atoms with Gasteiger partial charge in [-0.25, -0.2) is 0 Å². The summed E-state index contributed by atoms with van der Waals surface area (Å²) in [6, 6.07) is 11.8. The number of rotatable bonds is 3. The molecule has 18 heavy (non-hydrogen) atoms. The Hall–Kier alpha value is -0.840. The van der Waals surface area contributed by atoms with Crippen LogP contribution in [0.25, 0.3) is 0 Å². The second-order valence-corrected chi connectivity index (χ2v) is 5.74. The molecule has 2 N–H and O–H groups in total. The normalized spacial score (nSPS) is 10.4. The maximum Gasteiger partial charge on any atom is 0.130 e. The SMILES string of the molecule is Cc1cc(Br)ccc1Oc1ccc(CN)c(Br)c1. The van der Waals surface area contributed by atoms with Gasteiger partial charge in [-0.1, -0.05) is 37.9 Å². The maximum atomic E-state index is 5.85. The number of aryl methyl sites for hydroxylation is 1. The van der Waals surface area contributed by atoms with Gasteiger partial charge in [-0.3, -0.25) is 0 Å². The van der Waals surface area contributed by atoms with Crippen LogP contribution in [-0.4, -0.2) is 0 Å². The Morgan fingerprint density at radius 3 is 2.50 bits per heavy atom. The molecule has 0 bridgehead atoms. The van der Waals surface area contributed by atoms with Crippen molar-refractivity contribution in [1.82, 2.24) is 0 Å². The zero-order valence-electron chi connectivity index (χ0n) is 9.91. The monoisotopic (exact) mass is 369 g/mol. The lowest BCUT2D eigenvalue weighted by Gasteiger charge is -2.10. The van der Waals surface area contributed by atoms with E-state index in [9.17, 15) is 0 Å². The van der Waals surface area contributed by atoms with Crippen LogP contribution < -0.4 is 10.5 Å². The van der Waals surface area contributed by atoms with Crippen LogP contribution in [0, 0.1) is 6.92 Å². The lowest BCUT2D eigenvalue weighted by Crippen LogP contribution is -1.97. The van der Waals surface area contributed by atoms with Gasteiger partial charge in [-0.2, -0.15) is 0 Å². The average Bonchev–Trinajstić information content (AvgIpc) is 2.33. The van der Waals surface area contributed by atoms with Gasteiger partial charge in [0, 0.05) is 15.5 Å². The van der Waals surface area contributed by atoms with Crippen LogP contribution >= 0.6 is 31.9 Å². The third-order valence-corrected chi connectivity index (χ3v) is 3.84. The molecule has 0 aliphatic carbocycles. The summed E-state index contributed by atoms with van der Waals surface area (Å²) in [5, 5.41) is 0. The molecule has 0 aliphatic heterocycles. The summed E-state index contributed by atoms with van der Waals surface area (Å²) in [6.45, 7) is 2.53. The molecule has 0 spiro atoms. The van der Waals surface area contributed by atoms with Gasteiger partial charge in [-0.15, -0.1) is 0 Å². The Labute approximate surface area is 123 Å². The van der Waals surface area contributed by atoms with Crippen molar-refractivity contribution in [3.8, 4) is 11.5 Å². The molecule has 0 aliphatic rings. The highest BCUT2D eigenvalue weighted by Crippen LogP contribution is 2.30. The Bertz CT molecular complexity index is 570. The van der Waals surface area contributed by atoms with E-state index in [1.807, 2.05) is 43.3 Å². The Morgan fingerprint density at radius 1 is 1.11 bits per heavy atom. The van der Waals surface area contributed by atoms with Crippen LogP contribution in [0.4, 0.5) is 0 Å². The highest BCUT2D eigenvalue weighted by atomic mass is 79.9. The molecule has 0 saturated carbocycles. The molecule has 0 unspecified atom stereocenters. The van der Waals surface area contributed by atoms with Crippen LogP contribution in [0.5, 0.6) is 11.5 Å². The topological polar surface area (TPSA) is 35.2 Å². The molecule has 0 atom stereocenters. The van der Waals surface area contributed by atoms with Crippen LogP contribution in [0.1, 0.15) is 11.1 Å². The molecule has 0 fully saturated rings. The van der Waals surface area contributed by atoms with Gasteiger partial charge in [-0.05, 0) is 48.4 Å². The summed E-state index contributed by atoms with van der Waals surface area (Å²) in [5.74, 6) is 1.65. The van der Waals surface area contributed by atoms with Gasteiger partial charge in [0.15, 0.2) is 0 Å². The first-order valence-corrected chi connectivity index (χ1v) is 7.11. The van der Waals surface area contributed by atoms with Gasteiger partial charge in [0.2, 0.25) is 0 Å². The zero-order valence-corrected chi connectivity index (χ0v) is 13.1. The minimum Gasteiger partial charge on any atom is -0.457 e. The molecule has 4 heteroatoms. The zero-order chi connectivity index (χ0) is 13.1. The molecule has 2 nitrogen and oxygen atoms in total. The lowest BCUT2D eigenvalue weighted by atomic mass is 10.2. The van der Waals surface area contributed by atoms with Crippen LogP contribution in [-0.2, 0) is 6.54 Å². The predicted molar refractivity (Wildman–Crippen MR) is 81.0 cm³/mol. The molecule has 0 saturated heterocycles. The molecule has 0 amide bonds. The minimum absolute atomic E-state index is 0.512. The smallest absolute Gasteiger partial charge is 0.130 e. The predicted octanol–water partition coefficient (Wildman–Crippen LogP) is 4.77. The standard InChI is InChI=1S/C14H13Br2NO/c1-9-6-11(15)3-5-14(9)18-12-4-2-10(8-17)13(16)7-12/h2-7H,8,17H2,1H3. The number of benzene rings is 2. The molecule has 0 aromatic heterocycles. The van der Waals surface area contributed by atoms with Crippen molar-refractivity contribution < 1.29 is 4.74 Å². The summed E-state index contributed by atoms with van der Waals surface area (Å²) in [7, 11) is 0. The van der Waals surface area contributed by atoms with Crippen molar-refractivity contribution in [3.05, 3.63) is 56.5 Å². The molecule has 2 aromatic carbocycles. The van der Waals surface area contributed by atoms with Gasteiger partial charge >= 0.3 is 0 Å². The average molecular weight is 371 g/mol. The van der Waals surface area contributed by atoms with Crippen molar-refractivity contribution in [1.29, 1.82) is 0 Å². The molecule has 94 valence electrons. The summed E-state index contributed by atoms with van der Waals surface area (Å²) in [5.41, 5.74) is 7.77. The Kier molecular flexibility index (Phi) is 4.43. The van der Waals surface area contributed by atoms with E-state index < -0.39 is 0 Å². The number of nitrogens with two attached hydrogens (primary N) is 1. The first kappa shape index (κ1) is 13.6. The number of ether oxygens (including phenoxy) is 1. The molecular formula is C14H13Br2NO. The van der Waals surface area contributed by atoms with E-state index in [0.29, 0.717) is 6.54 Å².